The number of likely N-dealkylation sites (tertiary alicyclic amines) is 1. The highest BCUT2D eigenvalue weighted by Gasteiger charge is 2.63. The smallest absolute Gasteiger partial charge is 0.411 e. The number of hydrogen-bond acceptors (Lipinski definition) is 7. The third kappa shape index (κ3) is 5.40. The van der Waals surface area contributed by atoms with Gasteiger partial charge in [0.2, 0.25) is 0 Å². The Labute approximate surface area is 199 Å². The Balaban J connectivity index is 2.10. The Morgan fingerprint density at radius 2 is 1.91 bits per heavy atom. The molecular formula is C25H32N2O7. The van der Waals surface area contributed by atoms with E-state index in [0.717, 1.165) is 12.0 Å². The summed E-state index contributed by atoms with van der Waals surface area (Å²) in [5, 5.41) is 10.1. The van der Waals surface area contributed by atoms with Gasteiger partial charge in [0.1, 0.15) is 29.5 Å². The molecule has 184 valence electrons. The van der Waals surface area contributed by atoms with E-state index in [-0.39, 0.29) is 31.1 Å². The average Bonchev–Trinajstić information content (AvgIpc) is 3.38. The zero-order valence-electron chi connectivity index (χ0n) is 20.2. The quantitative estimate of drug-likeness (QED) is 0.581. The number of oxazole rings is 1. The Hall–Kier alpha value is -3.36. The van der Waals surface area contributed by atoms with Crippen molar-refractivity contribution in [1.29, 1.82) is 0 Å². The molecule has 0 bridgehead atoms. The van der Waals surface area contributed by atoms with Crippen LogP contribution in [0.4, 0.5) is 4.79 Å². The van der Waals surface area contributed by atoms with Crippen molar-refractivity contribution >= 4 is 18.0 Å². The Morgan fingerprint density at radius 1 is 1.24 bits per heavy atom. The first-order valence-electron chi connectivity index (χ1n) is 11.3. The summed E-state index contributed by atoms with van der Waals surface area (Å²) >= 11 is 0. The predicted octanol–water partition coefficient (Wildman–Crippen LogP) is 4.59. The number of carbonyl (C=O) groups excluding carboxylic acids is 2. The van der Waals surface area contributed by atoms with Crippen LogP contribution in [-0.4, -0.2) is 44.2 Å². The van der Waals surface area contributed by atoms with E-state index in [0.29, 0.717) is 0 Å². The molecular weight excluding hydrogens is 440 g/mol. The highest BCUT2D eigenvalue weighted by Crippen LogP contribution is 2.51. The molecule has 0 saturated carbocycles. The van der Waals surface area contributed by atoms with Crippen molar-refractivity contribution in [2.24, 2.45) is 11.8 Å². The SMILES string of the molecule is CC(C)C[C@]1(C(=O)OC(C)(C)C)C[C@@H](C(=O)O)[C@@H](c2cnco2)N1C(=O)OCc1ccccc1. The molecule has 0 unspecified atom stereocenters. The number of hydrogen-bond donors (Lipinski definition) is 1. The maximum atomic E-state index is 13.7. The van der Waals surface area contributed by atoms with E-state index in [9.17, 15) is 19.5 Å². The van der Waals surface area contributed by atoms with E-state index in [2.05, 4.69) is 4.98 Å². The van der Waals surface area contributed by atoms with Gasteiger partial charge in [0.25, 0.3) is 0 Å². The number of aromatic nitrogens is 1. The molecule has 2 heterocycles. The average molecular weight is 473 g/mol. The van der Waals surface area contributed by atoms with Crippen LogP contribution in [0, 0.1) is 11.8 Å². The second kappa shape index (κ2) is 9.87. The molecule has 9 nitrogen and oxygen atoms in total. The molecule has 0 radical (unpaired) electrons. The lowest BCUT2D eigenvalue weighted by atomic mass is 9.83. The Morgan fingerprint density at radius 3 is 2.44 bits per heavy atom. The molecule has 34 heavy (non-hydrogen) atoms. The first-order chi connectivity index (χ1) is 15.9. The number of carbonyl (C=O) groups is 3. The standard InChI is InChI=1S/C25H32N2O7/c1-16(2)11-25(22(30)34-24(3,4)5)12-18(21(28)29)20(19-13-26-15-33-19)27(25)23(31)32-14-17-9-7-6-8-10-17/h6-10,13,15-16,18,20H,11-12,14H2,1-5H3,(H,28,29)/t18-,20+,25-/m1/s1. The van der Waals surface area contributed by atoms with Crippen molar-refractivity contribution in [2.45, 2.75) is 71.2 Å². The fourth-order valence-electron chi connectivity index (χ4n) is 4.51. The molecule has 1 aliphatic rings. The monoisotopic (exact) mass is 472 g/mol. The summed E-state index contributed by atoms with van der Waals surface area (Å²) in [6, 6.07) is 8.01. The van der Waals surface area contributed by atoms with E-state index in [1.54, 1.807) is 32.9 Å². The van der Waals surface area contributed by atoms with Gasteiger partial charge in [-0.25, -0.2) is 14.6 Å². The van der Waals surface area contributed by atoms with Gasteiger partial charge in [-0.1, -0.05) is 44.2 Å². The van der Waals surface area contributed by atoms with Crippen LogP contribution in [0.1, 0.15) is 64.8 Å². The normalized spacial score (nSPS) is 22.6. The number of amides is 1. The molecule has 1 aromatic carbocycles. The van der Waals surface area contributed by atoms with Crippen LogP contribution in [0.2, 0.25) is 0 Å². The molecule has 2 aromatic rings. The van der Waals surface area contributed by atoms with Gasteiger partial charge in [0, 0.05) is 0 Å². The number of carboxylic acid groups (broad SMARTS) is 1. The van der Waals surface area contributed by atoms with Crippen molar-refractivity contribution in [3.63, 3.8) is 0 Å². The van der Waals surface area contributed by atoms with Gasteiger partial charge in [0.05, 0.1) is 12.1 Å². The molecule has 1 saturated heterocycles. The number of esters is 1. The number of rotatable bonds is 7. The summed E-state index contributed by atoms with van der Waals surface area (Å²) in [6.07, 6.45) is 1.76. The molecule has 1 aliphatic heterocycles. The summed E-state index contributed by atoms with van der Waals surface area (Å²) in [7, 11) is 0. The molecule has 1 amide bonds. The van der Waals surface area contributed by atoms with Gasteiger partial charge >= 0.3 is 18.0 Å². The van der Waals surface area contributed by atoms with Gasteiger partial charge in [-0.2, -0.15) is 0 Å². The fraction of sp³-hybridized carbons (Fsp3) is 0.520. The zero-order valence-corrected chi connectivity index (χ0v) is 20.2. The number of ether oxygens (including phenoxy) is 2. The largest absolute Gasteiger partial charge is 0.481 e. The maximum absolute atomic E-state index is 13.7. The van der Waals surface area contributed by atoms with Crippen LogP contribution in [0.3, 0.4) is 0 Å². The number of aliphatic carboxylic acids is 1. The van der Waals surface area contributed by atoms with E-state index in [1.165, 1.54) is 11.1 Å². The maximum Gasteiger partial charge on any atom is 0.411 e. The molecule has 3 rings (SSSR count). The van der Waals surface area contributed by atoms with Crippen molar-refractivity contribution in [3.05, 3.63) is 54.2 Å². The summed E-state index contributed by atoms with van der Waals surface area (Å²) in [4.78, 5) is 44.7. The number of carboxylic acids is 1. The molecule has 1 aromatic heterocycles. The van der Waals surface area contributed by atoms with E-state index in [1.807, 2.05) is 32.0 Å². The summed E-state index contributed by atoms with van der Waals surface area (Å²) in [5.41, 5.74) is -1.65. The van der Waals surface area contributed by atoms with Gasteiger partial charge in [-0.05, 0) is 45.1 Å². The Bertz CT molecular complexity index is 998. The van der Waals surface area contributed by atoms with E-state index < -0.39 is 41.1 Å². The van der Waals surface area contributed by atoms with Crippen LogP contribution in [0.25, 0.3) is 0 Å². The zero-order chi connectivity index (χ0) is 25.1. The minimum absolute atomic E-state index is 0.0386. The van der Waals surface area contributed by atoms with Crippen molar-refractivity contribution < 1.29 is 33.4 Å². The van der Waals surface area contributed by atoms with Crippen molar-refractivity contribution in [2.75, 3.05) is 0 Å². The molecule has 9 heteroatoms. The van der Waals surface area contributed by atoms with Crippen LogP contribution < -0.4 is 0 Å². The molecule has 0 aliphatic carbocycles. The summed E-state index contributed by atoms with van der Waals surface area (Å²) < 4.78 is 16.8. The van der Waals surface area contributed by atoms with Crippen LogP contribution in [-0.2, 0) is 25.7 Å². The Kier molecular flexibility index (Phi) is 7.33. The predicted molar refractivity (Wildman–Crippen MR) is 121 cm³/mol. The van der Waals surface area contributed by atoms with Gasteiger partial charge in [-0.3, -0.25) is 9.69 Å². The summed E-state index contributed by atoms with van der Waals surface area (Å²) in [5.74, 6) is -2.84. The second-order valence-corrected chi connectivity index (χ2v) is 10.0. The van der Waals surface area contributed by atoms with Crippen molar-refractivity contribution in [1.82, 2.24) is 9.88 Å². The van der Waals surface area contributed by atoms with Crippen LogP contribution >= 0.6 is 0 Å². The van der Waals surface area contributed by atoms with E-state index >= 15 is 0 Å². The molecule has 1 N–H and O–H groups in total. The van der Waals surface area contributed by atoms with Crippen LogP contribution in [0.15, 0.2) is 47.3 Å². The third-order valence-corrected chi connectivity index (χ3v) is 5.66. The summed E-state index contributed by atoms with van der Waals surface area (Å²) in [6.45, 7) is 8.94. The lowest BCUT2D eigenvalue weighted by Crippen LogP contribution is -2.56. The van der Waals surface area contributed by atoms with Crippen molar-refractivity contribution in [3.8, 4) is 0 Å². The molecule has 1 fully saturated rings. The topological polar surface area (TPSA) is 119 Å². The first-order valence-corrected chi connectivity index (χ1v) is 11.3. The lowest BCUT2D eigenvalue weighted by Gasteiger charge is -2.40. The van der Waals surface area contributed by atoms with Gasteiger partial charge < -0.3 is 19.0 Å². The lowest BCUT2D eigenvalue weighted by molar-refractivity contribution is -0.169. The van der Waals surface area contributed by atoms with Crippen LogP contribution in [0.5, 0.6) is 0 Å². The minimum atomic E-state index is -1.56. The number of benzene rings is 1. The fourth-order valence-corrected chi connectivity index (χ4v) is 4.51. The second-order valence-electron chi connectivity index (χ2n) is 10.0. The van der Waals surface area contributed by atoms with Gasteiger partial charge in [0.15, 0.2) is 6.39 Å². The first kappa shape index (κ1) is 25.3. The third-order valence-electron chi connectivity index (χ3n) is 5.66. The molecule has 3 atom stereocenters. The molecule has 0 spiro atoms. The minimum Gasteiger partial charge on any atom is -0.481 e. The highest BCUT2D eigenvalue weighted by atomic mass is 16.6. The highest BCUT2D eigenvalue weighted by molar-refractivity contribution is 5.89. The van der Waals surface area contributed by atoms with Gasteiger partial charge in [-0.15, -0.1) is 0 Å². The number of nitrogens with zero attached hydrogens (tertiary/aromatic N) is 2. The van der Waals surface area contributed by atoms with E-state index in [4.69, 9.17) is 13.9 Å².